The number of ether oxygens (including phenoxy) is 1. The van der Waals surface area contributed by atoms with Gasteiger partial charge in [0.2, 0.25) is 0 Å². The number of carbonyl (C=O) groups excluding carboxylic acids is 2. The van der Waals surface area contributed by atoms with E-state index in [1.54, 1.807) is 0 Å². The molecule has 1 aromatic rings. The first-order valence-electron chi connectivity index (χ1n) is 4.30. The summed E-state index contributed by atoms with van der Waals surface area (Å²) in [5.41, 5.74) is -0.375. The molecule has 0 bridgehead atoms. The lowest BCUT2D eigenvalue weighted by Crippen LogP contribution is -2.12. The van der Waals surface area contributed by atoms with Crippen LogP contribution < -0.4 is 0 Å². The van der Waals surface area contributed by atoms with E-state index in [-0.39, 0.29) is 5.56 Å². The Morgan fingerprint density at radius 3 is 2.31 bits per heavy atom. The molecular weight excluding hydrogens is 218 g/mol. The fraction of sp³-hybridized carbons (Fsp3) is 0.0909. The maximum absolute atomic E-state index is 13.1. The van der Waals surface area contributed by atoms with Crippen LogP contribution in [-0.2, 0) is 14.3 Å². The topological polar surface area (TPSA) is 43.4 Å². The van der Waals surface area contributed by atoms with Gasteiger partial charge in [0, 0.05) is 5.56 Å². The van der Waals surface area contributed by atoms with Crippen LogP contribution in [0.25, 0.3) is 6.08 Å². The summed E-state index contributed by atoms with van der Waals surface area (Å²) in [6.45, 7) is 0. The van der Waals surface area contributed by atoms with Crippen LogP contribution in [0.1, 0.15) is 5.56 Å². The van der Waals surface area contributed by atoms with Gasteiger partial charge in [0.05, 0.1) is 7.11 Å². The maximum atomic E-state index is 13.1. The zero-order chi connectivity index (χ0) is 12.1. The average molecular weight is 226 g/mol. The number of esters is 1. The van der Waals surface area contributed by atoms with E-state index in [2.05, 4.69) is 4.74 Å². The molecule has 1 aromatic carbocycles. The van der Waals surface area contributed by atoms with Gasteiger partial charge in [0.1, 0.15) is 11.6 Å². The smallest absolute Gasteiger partial charge is 0.378 e. The molecule has 0 aliphatic rings. The summed E-state index contributed by atoms with van der Waals surface area (Å²) in [6, 6.07) is 3.29. The number of ketones is 1. The third-order valence-electron chi connectivity index (χ3n) is 1.79. The summed E-state index contributed by atoms with van der Waals surface area (Å²) in [5.74, 6) is -3.69. The molecule has 5 heteroatoms. The molecule has 0 saturated carbocycles. The van der Waals surface area contributed by atoms with Crippen LogP contribution in [0.3, 0.4) is 0 Å². The molecule has 0 aliphatic carbocycles. The van der Waals surface area contributed by atoms with Crippen LogP contribution in [0.2, 0.25) is 0 Å². The molecule has 0 radical (unpaired) electrons. The lowest BCUT2D eigenvalue weighted by atomic mass is 10.1. The molecule has 0 saturated heterocycles. The average Bonchev–Trinajstić information content (AvgIpc) is 2.27. The van der Waals surface area contributed by atoms with E-state index < -0.39 is 23.4 Å². The van der Waals surface area contributed by atoms with E-state index in [0.717, 1.165) is 31.4 Å². The molecule has 0 aromatic heterocycles. The highest BCUT2D eigenvalue weighted by Crippen LogP contribution is 2.13. The molecule has 0 aliphatic heterocycles. The highest BCUT2D eigenvalue weighted by molar-refractivity contribution is 6.39. The standard InChI is InChI=1S/C11H8F2O3/c1-16-11(15)10(14)6-5-7-8(12)3-2-4-9(7)13/h2-6H,1H3/b6-5+. The molecule has 0 heterocycles. The Hall–Kier alpha value is -2.04. The minimum atomic E-state index is -1.09. The minimum absolute atomic E-state index is 0.375. The van der Waals surface area contributed by atoms with Crippen molar-refractivity contribution in [3.63, 3.8) is 0 Å². The highest BCUT2D eigenvalue weighted by atomic mass is 19.1. The van der Waals surface area contributed by atoms with Gasteiger partial charge in [-0.3, -0.25) is 4.79 Å². The SMILES string of the molecule is COC(=O)C(=O)/C=C/c1c(F)cccc1F. The number of hydrogen-bond donors (Lipinski definition) is 0. The summed E-state index contributed by atoms with van der Waals surface area (Å²) in [7, 11) is 1.04. The Balaban J connectivity index is 2.93. The van der Waals surface area contributed by atoms with Crippen LogP contribution in [0.15, 0.2) is 24.3 Å². The van der Waals surface area contributed by atoms with Gasteiger partial charge < -0.3 is 4.74 Å². The first kappa shape index (κ1) is 12.0. The Morgan fingerprint density at radius 2 is 1.81 bits per heavy atom. The van der Waals surface area contributed by atoms with Crippen molar-refractivity contribution >= 4 is 17.8 Å². The van der Waals surface area contributed by atoms with Crippen molar-refractivity contribution < 1.29 is 23.1 Å². The molecule has 0 atom stereocenters. The van der Waals surface area contributed by atoms with E-state index in [1.165, 1.54) is 6.07 Å². The Kier molecular flexibility index (Phi) is 3.88. The third-order valence-corrected chi connectivity index (χ3v) is 1.79. The van der Waals surface area contributed by atoms with Crippen molar-refractivity contribution in [3.8, 4) is 0 Å². The first-order valence-corrected chi connectivity index (χ1v) is 4.30. The van der Waals surface area contributed by atoms with E-state index in [4.69, 9.17) is 0 Å². The summed E-state index contributed by atoms with van der Waals surface area (Å²) in [6.07, 6.45) is 1.65. The quantitative estimate of drug-likeness (QED) is 0.447. The monoisotopic (exact) mass is 226 g/mol. The van der Waals surface area contributed by atoms with Crippen molar-refractivity contribution in [2.75, 3.05) is 7.11 Å². The van der Waals surface area contributed by atoms with Gasteiger partial charge >= 0.3 is 5.97 Å². The van der Waals surface area contributed by atoms with Crippen molar-refractivity contribution in [3.05, 3.63) is 41.5 Å². The zero-order valence-electron chi connectivity index (χ0n) is 8.37. The van der Waals surface area contributed by atoms with E-state index in [1.807, 2.05) is 0 Å². The lowest BCUT2D eigenvalue weighted by molar-refractivity contribution is -0.149. The van der Waals surface area contributed by atoms with Gasteiger partial charge in [-0.05, 0) is 24.3 Å². The zero-order valence-corrected chi connectivity index (χ0v) is 8.37. The largest absolute Gasteiger partial charge is 0.463 e. The second-order valence-corrected chi connectivity index (χ2v) is 2.82. The fourth-order valence-electron chi connectivity index (χ4n) is 0.998. The molecule has 16 heavy (non-hydrogen) atoms. The molecule has 3 nitrogen and oxygen atoms in total. The first-order chi connectivity index (χ1) is 7.56. The van der Waals surface area contributed by atoms with Gasteiger partial charge in [0.15, 0.2) is 0 Å². The second-order valence-electron chi connectivity index (χ2n) is 2.82. The van der Waals surface area contributed by atoms with Crippen molar-refractivity contribution in [1.29, 1.82) is 0 Å². The molecular formula is C11H8F2O3. The predicted octanol–water partition coefficient (Wildman–Crippen LogP) is 1.72. The summed E-state index contributed by atoms with van der Waals surface area (Å²) >= 11 is 0. The van der Waals surface area contributed by atoms with Crippen LogP contribution in [0.4, 0.5) is 8.78 Å². The third kappa shape index (κ3) is 2.73. The van der Waals surface area contributed by atoms with Gasteiger partial charge in [-0.2, -0.15) is 0 Å². The number of benzene rings is 1. The molecule has 0 amide bonds. The molecule has 1 rings (SSSR count). The Morgan fingerprint density at radius 1 is 1.25 bits per heavy atom. The minimum Gasteiger partial charge on any atom is -0.463 e. The summed E-state index contributed by atoms with van der Waals surface area (Å²) < 4.78 is 30.3. The number of methoxy groups -OCH3 is 1. The Bertz CT molecular complexity index is 432. The normalized spacial score (nSPS) is 10.4. The van der Waals surface area contributed by atoms with Gasteiger partial charge in [-0.1, -0.05) is 6.07 Å². The number of rotatable bonds is 3. The van der Waals surface area contributed by atoms with Gasteiger partial charge in [0.25, 0.3) is 5.78 Å². The van der Waals surface area contributed by atoms with Crippen molar-refractivity contribution in [2.45, 2.75) is 0 Å². The molecule has 0 N–H and O–H groups in total. The Labute approximate surface area is 90.3 Å². The van der Waals surface area contributed by atoms with Gasteiger partial charge in [-0.25, -0.2) is 13.6 Å². The second kappa shape index (κ2) is 5.16. The van der Waals surface area contributed by atoms with Crippen LogP contribution in [0.5, 0.6) is 0 Å². The van der Waals surface area contributed by atoms with Crippen molar-refractivity contribution in [2.24, 2.45) is 0 Å². The molecule has 0 fully saturated rings. The van der Waals surface area contributed by atoms with Gasteiger partial charge in [-0.15, -0.1) is 0 Å². The fourth-order valence-corrected chi connectivity index (χ4v) is 0.998. The van der Waals surface area contributed by atoms with Crippen LogP contribution in [-0.4, -0.2) is 18.9 Å². The molecule has 0 spiro atoms. The van der Waals surface area contributed by atoms with Crippen LogP contribution >= 0.6 is 0 Å². The highest BCUT2D eigenvalue weighted by Gasteiger charge is 2.10. The number of carbonyl (C=O) groups is 2. The number of hydrogen-bond acceptors (Lipinski definition) is 3. The van der Waals surface area contributed by atoms with E-state index >= 15 is 0 Å². The van der Waals surface area contributed by atoms with E-state index in [0.29, 0.717) is 0 Å². The summed E-state index contributed by atoms with van der Waals surface area (Å²) in [4.78, 5) is 21.7. The van der Waals surface area contributed by atoms with E-state index in [9.17, 15) is 18.4 Å². The van der Waals surface area contributed by atoms with Crippen molar-refractivity contribution in [1.82, 2.24) is 0 Å². The maximum Gasteiger partial charge on any atom is 0.378 e. The number of halogens is 2. The lowest BCUT2D eigenvalue weighted by Gasteiger charge is -1.97. The molecule has 0 unspecified atom stereocenters. The van der Waals surface area contributed by atoms with Crippen LogP contribution in [0, 0.1) is 11.6 Å². The molecule has 84 valence electrons. The summed E-state index contributed by atoms with van der Waals surface area (Å²) in [5, 5.41) is 0. The predicted molar refractivity (Wildman–Crippen MR) is 52.4 cm³/mol.